The molecule has 0 radical (unpaired) electrons. The van der Waals surface area contributed by atoms with Crippen molar-refractivity contribution in [1.82, 2.24) is 14.5 Å². The molecule has 0 amide bonds. The van der Waals surface area contributed by atoms with Crippen molar-refractivity contribution in [3.63, 3.8) is 0 Å². The van der Waals surface area contributed by atoms with Gasteiger partial charge in [0, 0.05) is 17.6 Å². The lowest BCUT2D eigenvalue weighted by atomic mass is 10.0. The number of benzene rings is 2. The van der Waals surface area contributed by atoms with Crippen LogP contribution in [0.2, 0.25) is 5.02 Å². The summed E-state index contributed by atoms with van der Waals surface area (Å²) in [5.41, 5.74) is 9.07. The Morgan fingerprint density at radius 2 is 1.85 bits per heavy atom. The Balaban J connectivity index is 0.000000183. The first-order valence-corrected chi connectivity index (χ1v) is 10.9. The van der Waals surface area contributed by atoms with Crippen molar-refractivity contribution in [2.24, 2.45) is 0 Å². The topological polar surface area (TPSA) is 85.8 Å². The molecule has 7 heteroatoms. The molecule has 4 aromatic rings. The van der Waals surface area contributed by atoms with E-state index in [0.29, 0.717) is 16.2 Å². The maximum atomic E-state index is 13.0. The zero-order valence-electron chi connectivity index (χ0n) is 18.4. The molecule has 0 unspecified atom stereocenters. The molecule has 0 atom stereocenters. The minimum atomic E-state index is -0.0620. The standard InChI is InChI=1S/C18H16ClNO.C8H8N4/c1-12(2)16-11-13-7-6-10-15(19)17(13)18(21)20(16)14-8-4-3-5-9-14;1-5-2-3-10-8-6(5)7(9)11-4-12-8/h3-12H,1-2H3;2-4H,1H2,(H3,9,10,11,12). The van der Waals surface area contributed by atoms with Crippen molar-refractivity contribution in [1.29, 1.82) is 0 Å². The number of para-hydroxylation sites is 1. The quantitative estimate of drug-likeness (QED) is 0.398. The normalized spacial score (nSPS) is 12.2. The number of fused-ring (bicyclic) bond motifs is 2. The van der Waals surface area contributed by atoms with Gasteiger partial charge in [0.2, 0.25) is 0 Å². The number of nitrogens with zero attached hydrogens (tertiary/aromatic N) is 3. The number of anilines is 2. The highest BCUT2D eigenvalue weighted by molar-refractivity contribution is 6.35. The molecule has 2 aromatic heterocycles. The summed E-state index contributed by atoms with van der Waals surface area (Å²) in [5.74, 6) is 1.41. The molecule has 0 saturated heterocycles. The Kier molecular flexibility index (Phi) is 6.29. The Labute approximate surface area is 197 Å². The van der Waals surface area contributed by atoms with Crippen LogP contribution in [0.5, 0.6) is 0 Å². The first-order chi connectivity index (χ1) is 15.9. The molecule has 6 nitrogen and oxygen atoms in total. The number of aromatic nitrogens is 3. The maximum Gasteiger partial charge on any atom is 0.264 e. The average Bonchev–Trinajstić information content (AvgIpc) is 2.80. The van der Waals surface area contributed by atoms with E-state index >= 15 is 0 Å². The third-order valence-corrected chi connectivity index (χ3v) is 5.65. The summed E-state index contributed by atoms with van der Waals surface area (Å²) in [6.45, 7) is 8.01. The van der Waals surface area contributed by atoms with E-state index < -0.39 is 0 Å². The molecular formula is C26H24ClN5O. The third kappa shape index (κ3) is 4.38. The number of halogens is 1. The summed E-state index contributed by atoms with van der Waals surface area (Å²) in [5, 5.41) is 4.93. The SMILES string of the molecule is C=C1C=CNc2ncnc(N)c21.CC(C)c1cc2cccc(Cl)c2c(=O)n1-c1ccccc1. The van der Waals surface area contributed by atoms with Crippen LogP contribution < -0.4 is 16.6 Å². The van der Waals surface area contributed by atoms with Crippen molar-refractivity contribution in [3.8, 4) is 5.69 Å². The smallest absolute Gasteiger partial charge is 0.264 e. The van der Waals surface area contributed by atoms with Crippen LogP contribution in [-0.4, -0.2) is 14.5 Å². The summed E-state index contributed by atoms with van der Waals surface area (Å²) < 4.78 is 1.76. The fraction of sp³-hybridized carbons (Fsp3) is 0.115. The molecule has 3 N–H and O–H groups in total. The predicted molar refractivity (Wildman–Crippen MR) is 137 cm³/mol. The number of nitrogen functional groups attached to an aromatic ring is 1. The van der Waals surface area contributed by atoms with Crippen LogP contribution in [0.1, 0.15) is 31.0 Å². The van der Waals surface area contributed by atoms with Crippen LogP contribution in [0.4, 0.5) is 11.6 Å². The molecule has 1 aliphatic heterocycles. The first kappa shape index (κ1) is 22.3. The van der Waals surface area contributed by atoms with Gasteiger partial charge in [0.25, 0.3) is 5.56 Å². The predicted octanol–water partition coefficient (Wildman–Crippen LogP) is 5.78. The summed E-state index contributed by atoms with van der Waals surface area (Å²) in [6, 6.07) is 17.3. The first-order valence-electron chi connectivity index (χ1n) is 10.5. The maximum absolute atomic E-state index is 13.0. The van der Waals surface area contributed by atoms with Gasteiger partial charge in [-0.1, -0.05) is 62.4 Å². The Morgan fingerprint density at radius 1 is 1.09 bits per heavy atom. The number of hydrogen-bond donors (Lipinski definition) is 2. The number of hydrogen-bond acceptors (Lipinski definition) is 5. The zero-order chi connectivity index (χ0) is 23.5. The van der Waals surface area contributed by atoms with Gasteiger partial charge in [-0.3, -0.25) is 9.36 Å². The van der Waals surface area contributed by atoms with Gasteiger partial charge in [0.05, 0.1) is 16.0 Å². The highest BCUT2D eigenvalue weighted by Gasteiger charge is 2.15. The van der Waals surface area contributed by atoms with Crippen LogP contribution in [0.25, 0.3) is 22.0 Å². The Morgan fingerprint density at radius 3 is 2.55 bits per heavy atom. The van der Waals surface area contributed by atoms with Crippen molar-refractivity contribution < 1.29 is 0 Å². The molecule has 5 rings (SSSR count). The lowest BCUT2D eigenvalue weighted by molar-refractivity contribution is 0.765. The molecule has 166 valence electrons. The molecular weight excluding hydrogens is 434 g/mol. The molecule has 0 aliphatic carbocycles. The van der Waals surface area contributed by atoms with Gasteiger partial charge in [0.15, 0.2) is 0 Å². The van der Waals surface area contributed by atoms with E-state index in [4.69, 9.17) is 17.3 Å². The van der Waals surface area contributed by atoms with E-state index in [1.807, 2.05) is 48.5 Å². The molecule has 0 saturated carbocycles. The fourth-order valence-corrected chi connectivity index (χ4v) is 4.00. The largest absolute Gasteiger partial charge is 0.383 e. The van der Waals surface area contributed by atoms with E-state index in [0.717, 1.165) is 33.7 Å². The van der Waals surface area contributed by atoms with Crippen LogP contribution in [0.15, 0.2) is 84.6 Å². The number of nitrogens with one attached hydrogen (secondary N) is 1. The number of allylic oxidation sites excluding steroid dienone is 2. The fourth-order valence-electron chi connectivity index (χ4n) is 3.74. The second kappa shape index (κ2) is 9.30. The van der Waals surface area contributed by atoms with Gasteiger partial charge >= 0.3 is 0 Å². The van der Waals surface area contributed by atoms with Crippen LogP contribution >= 0.6 is 11.6 Å². The monoisotopic (exact) mass is 457 g/mol. The molecule has 0 spiro atoms. The zero-order valence-corrected chi connectivity index (χ0v) is 19.2. The third-order valence-electron chi connectivity index (χ3n) is 5.33. The van der Waals surface area contributed by atoms with Crippen LogP contribution in [0.3, 0.4) is 0 Å². The van der Waals surface area contributed by atoms with Crippen LogP contribution in [-0.2, 0) is 0 Å². The lowest BCUT2D eigenvalue weighted by Gasteiger charge is -2.17. The highest BCUT2D eigenvalue weighted by Crippen LogP contribution is 2.29. The molecule has 2 aromatic carbocycles. The molecule has 0 fully saturated rings. The summed E-state index contributed by atoms with van der Waals surface area (Å²) in [4.78, 5) is 20.8. The van der Waals surface area contributed by atoms with E-state index in [1.54, 1.807) is 16.8 Å². The number of rotatable bonds is 2. The van der Waals surface area contributed by atoms with E-state index in [1.165, 1.54) is 6.33 Å². The van der Waals surface area contributed by atoms with Gasteiger partial charge in [0.1, 0.15) is 18.0 Å². The highest BCUT2D eigenvalue weighted by atomic mass is 35.5. The average molecular weight is 458 g/mol. The van der Waals surface area contributed by atoms with Crippen molar-refractivity contribution in [2.45, 2.75) is 19.8 Å². The molecule has 0 bridgehead atoms. The van der Waals surface area contributed by atoms with Gasteiger partial charge in [-0.25, -0.2) is 9.97 Å². The molecule has 33 heavy (non-hydrogen) atoms. The molecule has 1 aliphatic rings. The lowest BCUT2D eigenvalue weighted by Crippen LogP contribution is -2.23. The van der Waals surface area contributed by atoms with Gasteiger partial charge in [-0.15, -0.1) is 0 Å². The minimum absolute atomic E-state index is 0.0620. The van der Waals surface area contributed by atoms with E-state index in [-0.39, 0.29) is 11.5 Å². The van der Waals surface area contributed by atoms with Crippen LogP contribution in [0, 0.1) is 0 Å². The van der Waals surface area contributed by atoms with Crippen molar-refractivity contribution in [3.05, 3.63) is 106 Å². The Bertz CT molecular complexity index is 1420. The van der Waals surface area contributed by atoms with E-state index in [2.05, 4.69) is 41.8 Å². The summed E-state index contributed by atoms with van der Waals surface area (Å²) in [7, 11) is 0. The molecule has 3 heterocycles. The van der Waals surface area contributed by atoms with Crippen molar-refractivity contribution in [2.75, 3.05) is 11.1 Å². The minimum Gasteiger partial charge on any atom is -0.383 e. The van der Waals surface area contributed by atoms with E-state index in [9.17, 15) is 4.79 Å². The summed E-state index contributed by atoms with van der Waals surface area (Å²) >= 11 is 6.24. The number of nitrogens with two attached hydrogens (primary N) is 1. The second-order valence-electron chi connectivity index (χ2n) is 7.89. The summed E-state index contributed by atoms with van der Waals surface area (Å²) in [6.07, 6.45) is 5.03. The number of pyridine rings is 1. The van der Waals surface area contributed by atoms with Gasteiger partial charge in [-0.05, 0) is 47.2 Å². The van der Waals surface area contributed by atoms with Crippen molar-refractivity contribution >= 4 is 39.6 Å². The van der Waals surface area contributed by atoms with Gasteiger partial charge in [-0.2, -0.15) is 0 Å². The van der Waals surface area contributed by atoms with Gasteiger partial charge < -0.3 is 11.1 Å². The Hall–Kier alpha value is -3.90. The second-order valence-corrected chi connectivity index (χ2v) is 8.30.